The third-order valence-electron chi connectivity index (χ3n) is 3.54. The Balaban J connectivity index is 2.41. The lowest BCUT2D eigenvalue weighted by Crippen LogP contribution is -2.13. The van der Waals surface area contributed by atoms with Crippen molar-refractivity contribution in [2.24, 2.45) is 5.73 Å². The van der Waals surface area contributed by atoms with Gasteiger partial charge in [-0.05, 0) is 45.1 Å². The Morgan fingerprint density at radius 1 is 1.10 bits per heavy atom. The van der Waals surface area contributed by atoms with E-state index in [4.69, 9.17) is 22.1 Å². The van der Waals surface area contributed by atoms with Crippen LogP contribution in [0.5, 0.6) is 5.75 Å². The van der Waals surface area contributed by atoms with Gasteiger partial charge in [-0.2, -0.15) is 0 Å². The highest BCUT2D eigenvalue weighted by atomic mass is 79.9. The number of nitrogens with two attached hydrogens (primary N) is 1. The minimum absolute atomic E-state index is 0.281. The fourth-order valence-electron chi connectivity index (χ4n) is 2.29. The number of hydrogen-bond donors (Lipinski definition) is 1. The molecule has 1 unspecified atom stereocenters. The monoisotopic (exact) mass is 367 g/mol. The first-order valence-electron chi connectivity index (χ1n) is 6.82. The molecule has 2 nitrogen and oxygen atoms in total. The van der Waals surface area contributed by atoms with Gasteiger partial charge < -0.3 is 10.5 Å². The Kier molecular flexibility index (Phi) is 5.31. The number of methoxy groups -OCH3 is 1. The van der Waals surface area contributed by atoms with E-state index >= 15 is 0 Å². The van der Waals surface area contributed by atoms with E-state index in [0.29, 0.717) is 10.9 Å². The molecular formula is C17H19BrClNO. The third-order valence-corrected chi connectivity index (χ3v) is 4.35. The van der Waals surface area contributed by atoms with Gasteiger partial charge in [-0.1, -0.05) is 49.7 Å². The lowest BCUT2D eigenvalue weighted by Gasteiger charge is -2.18. The zero-order chi connectivity index (χ0) is 15.6. The highest BCUT2D eigenvalue weighted by Crippen LogP contribution is 2.37. The molecule has 0 aliphatic rings. The Labute approximate surface area is 139 Å². The number of hydrogen-bond acceptors (Lipinski definition) is 2. The van der Waals surface area contributed by atoms with Crippen molar-refractivity contribution in [2.45, 2.75) is 25.8 Å². The molecule has 0 aliphatic heterocycles. The molecule has 1 atom stereocenters. The number of halogens is 2. The third kappa shape index (κ3) is 3.60. The van der Waals surface area contributed by atoms with Crippen LogP contribution >= 0.6 is 27.5 Å². The number of ether oxygens (including phenoxy) is 1. The highest BCUT2D eigenvalue weighted by molar-refractivity contribution is 9.10. The summed E-state index contributed by atoms with van der Waals surface area (Å²) in [7, 11) is 1.63. The zero-order valence-electron chi connectivity index (χ0n) is 12.4. The van der Waals surface area contributed by atoms with E-state index in [9.17, 15) is 0 Å². The zero-order valence-corrected chi connectivity index (χ0v) is 14.7. The summed E-state index contributed by atoms with van der Waals surface area (Å²) < 4.78 is 6.26. The second-order valence-corrected chi connectivity index (χ2v) is 6.60. The maximum absolute atomic E-state index is 6.40. The summed E-state index contributed by atoms with van der Waals surface area (Å²) >= 11 is 9.60. The normalized spacial score (nSPS) is 12.5. The topological polar surface area (TPSA) is 35.2 Å². The maximum Gasteiger partial charge on any atom is 0.138 e. The van der Waals surface area contributed by atoms with Gasteiger partial charge in [0.25, 0.3) is 0 Å². The van der Waals surface area contributed by atoms with Crippen LogP contribution in [0.15, 0.2) is 40.9 Å². The molecule has 0 aliphatic carbocycles. The summed E-state index contributed by atoms with van der Waals surface area (Å²) in [6.45, 7) is 4.35. The van der Waals surface area contributed by atoms with E-state index in [2.05, 4.69) is 54.0 Å². The van der Waals surface area contributed by atoms with E-state index in [1.165, 1.54) is 5.56 Å². The van der Waals surface area contributed by atoms with E-state index < -0.39 is 0 Å². The Morgan fingerprint density at radius 2 is 1.67 bits per heavy atom. The summed E-state index contributed by atoms with van der Waals surface area (Å²) in [5.41, 5.74) is 9.60. The standard InChI is InChI=1S/C17H19BrClNO/c1-10(2)11-4-6-12(7-5-11)16(20)14-8-13(19)9-15(18)17(14)21-3/h4-10,16H,20H2,1-3H3. The van der Waals surface area contributed by atoms with Crippen LogP contribution < -0.4 is 10.5 Å². The van der Waals surface area contributed by atoms with E-state index in [1.54, 1.807) is 13.2 Å². The molecule has 4 heteroatoms. The molecule has 0 heterocycles. The van der Waals surface area contributed by atoms with Gasteiger partial charge >= 0.3 is 0 Å². The summed E-state index contributed by atoms with van der Waals surface area (Å²) in [4.78, 5) is 0. The van der Waals surface area contributed by atoms with E-state index in [1.807, 2.05) is 6.07 Å². The van der Waals surface area contributed by atoms with Gasteiger partial charge in [0.05, 0.1) is 17.6 Å². The van der Waals surface area contributed by atoms with Crippen molar-refractivity contribution >= 4 is 27.5 Å². The van der Waals surface area contributed by atoms with Crippen LogP contribution in [0.3, 0.4) is 0 Å². The molecule has 0 spiro atoms. The van der Waals surface area contributed by atoms with Gasteiger partial charge in [-0.3, -0.25) is 0 Å². The minimum atomic E-state index is -0.281. The fourth-order valence-corrected chi connectivity index (χ4v) is 3.29. The quantitative estimate of drug-likeness (QED) is 0.796. The predicted molar refractivity (Wildman–Crippen MR) is 92.3 cm³/mol. The van der Waals surface area contributed by atoms with Gasteiger partial charge in [-0.15, -0.1) is 0 Å². The molecule has 0 bridgehead atoms. The summed E-state index contributed by atoms with van der Waals surface area (Å²) in [6.07, 6.45) is 0. The van der Waals surface area contributed by atoms with Gasteiger partial charge in [-0.25, -0.2) is 0 Å². The fraction of sp³-hybridized carbons (Fsp3) is 0.294. The Morgan fingerprint density at radius 3 is 2.19 bits per heavy atom. The van der Waals surface area contributed by atoms with Crippen LogP contribution in [0.4, 0.5) is 0 Å². The van der Waals surface area contributed by atoms with Crippen LogP contribution in [0.25, 0.3) is 0 Å². The molecule has 2 aromatic carbocycles. The number of benzene rings is 2. The van der Waals surface area contributed by atoms with Gasteiger partial charge in [0.2, 0.25) is 0 Å². The van der Waals surface area contributed by atoms with Crippen LogP contribution in [0.1, 0.15) is 42.5 Å². The molecule has 0 saturated carbocycles. The average molecular weight is 369 g/mol. The van der Waals surface area contributed by atoms with Crippen molar-refractivity contribution < 1.29 is 4.74 Å². The Bertz CT molecular complexity index is 625. The molecule has 2 N–H and O–H groups in total. The van der Waals surface area contributed by atoms with Gasteiger partial charge in [0.1, 0.15) is 5.75 Å². The largest absolute Gasteiger partial charge is 0.495 e. The minimum Gasteiger partial charge on any atom is -0.495 e. The number of rotatable bonds is 4. The molecular weight excluding hydrogens is 350 g/mol. The molecule has 21 heavy (non-hydrogen) atoms. The smallest absolute Gasteiger partial charge is 0.138 e. The second kappa shape index (κ2) is 6.82. The highest BCUT2D eigenvalue weighted by Gasteiger charge is 2.17. The van der Waals surface area contributed by atoms with Crippen molar-refractivity contribution in [3.05, 3.63) is 62.6 Å². The lowest BCUT2D eigenvalue weighted by molar-refractivity contribution is 0.405. The van der Waals surface area contributed by atoms with Crippen LogP contribution in [-0.2, 0) is 0 Å². The van der Waals surface area contributed by atoms with Crippen molar-refractivity contribution in [3.8, 4) is 5.75 Å². The molecule has 0 saturated heterocycles. The van der Waals surface area contributed by atoms with Crippen molar-refractivity contribution in [3.63, 3.8) is 0 Å². The molecule has 0 radical (unpaired) electrons. The van der Waals surface area contributed by atoms with Crippen LogP contribution in [-0.4, -0.2) is 7.11 Å². The first-order chi connectivity index (χ1) is 9.93. The maximum atomic E-state index is 6.40. The van der Waals surface area contributed by atoms with Gasteiger partial charge in [0.15, 0.2) is 0 Å². The first-order valence-corrected chi connectivity index (χ1v) is 7.99. The molecule has 0 amide bonds. The van der Waals surface area contributed by atoms with Crippen molar-refractivity contribution in [1.82, 2.24) is 0 Å². The van der Waals surface area contributed by atoms with Crippen LogP contribution in [0, 0.1) is 0 Å². The molecule has 112 valence electrons. The average Bonchev–Trinajstić information content (AvgIpc) is 2.46. The molecule has 0 fully saturated rings. The lowest BCUT2D eigenvalue weighted by atomic mass is 9.95. The summed E-state index contributed by atoms with van der Waals surface area (Å²) in [5.74, 6) is 1.23. The van der Waals surface area contributed by atoms with E-state index in [-0.39, 0.29) is 6.04 Å². The predicted octanol–water partition coefficient (Wildman–Crippen LogP) is 5.28. The Hall–Kier alpha value is -1.03. The second-order valence-electron chi connectivity index (χ2n) is 5.31. The SMILES string of the molecule is COc1c(Br)cc(Cl)cc1C(N)c1ccc(C(C)C)cc1. The summed E-state index contributed by atoms with van der Waals surface area (Å²) in [5, 5.41) is 0.631. The molecule has 0 aromatic heterocycles. The van der Waals surface area contributed by atoms with E-state index in [0.717, 1.165) is 21.3 Å². The van der Waals surface area contributed by atoms with Crippen molar-refractivity contribution in [1.29, 1.82) is 0 Å². The summed E-state index contributed by atoms with van der Waals surface area (Å²) in [6, 6.07) is 11.7. The van der Waals surface area contributed by atoms with Gasteiger partial charge in [0, 0.05) is 10.6 Å². The van der Waals surface area contributed by atoms with Crippen LogP contribution in [0.2, 0.25) is 5.02 Å². The molecule has 2 rings (SSSR count). The molecule has 2 aromatic rings. The first kappa shape index (κ1) is 16.3. The van der Waals surface area contributed by atoms with Crippen molar-refractivity contribution in [2.75, 3.05) is 7.11 Å².